The molecule has 1 atom stereocenters. The minimum atomic E-state index is -3.64. The summed E-state index contributed by atoms with van der Waals surface area (Å²) in [7, 11) is -2.50. The van der Waals surface area contributed by atoms with E-state index in [2.05, 4.69) is 8.92 Å². The van der Waals surface area contributed by atoms with Gasteiger partial charge in [0.05, 0.1) is 13.4 Å². The van der Waals surface area contributed by atoms with Crippen molar-refractivity contribution in [3.8, 4) is 5.75 Å². The molecule has 0 fully saturated rings. The fourth-order valence-electron chi connectivity index (χ4n) is 1.16. The molecule has 1 rings (SSSR count). The van der Waals surface area contributed by atoms with Crippen LogP contribution >= 0.6 is 0 Å². The van der Waals surface area contributed by atoms with Gasteiger partial charge >= 0.3 is 16.1 Å². The number of carbonyl (C=O) groups is 1. The number of hydrogen-bond donors (Lipinski definition) is 1. The standard InChI is InChI=1S/C10H12O6S/c1-15-10(12)9(11)7-4-3-5-8(6-7)16-17(2,13)14/h3-6,9,11H,1-2H3. The van der Waals surface area contributed by atoms with Crippen LogP contribution in [0.5, 0.6) is 5.75 Å². The molecule has 17 heavy (non-hydrogen) atoms. The highest BCUT2D eigenvalue weighted by Crippen LogP contribution is 2.21. The topological polar surface area (TPSA) is 89.9 Å². The zero-order chi connectivity index (χ0) is 13.1. The van der Waals surface area contributed by atoms with Crippen molar-refractivity contribution in [3.63, 3.8) is 0 Å². The van der Waals surface area contributed by atoms with Gasteiger partial charge in [0.15, 0.2) is 6.10 Å². The molecule has 0 amide bonds. The quantitative estimate of drug-likeness (QED) is 0.615. The molecule has 0 spiro atoms. The Kier molecular flexibility index (Phi) is 4.08. The van der Waals surface area contributed by atoms with Gasteiger partial charge in [-0.25, -0.2) is 4.79 Å². The normalized spacial score (nSPS) is 12.9. The first kappa shape index (κ1) is 13.5. The molecule has 0 aliphatic carbocycles. The Morgan fingerprint density at radius 2 is 2.06 bits per heavy atom. The number of hydrogen-bond acceptors (Lipinski definition) is 6. The van der Waals surface area contributed by atoms with Crippen molar-refractivity contribution in [2.24, 2.45) is 0 Å². The molecule has 0 aliphatic heterocycles. The van der Waals surface area contributed by atoms with E-state index in [1.54, 1.807) is 0 Å². The smallest absolute Gasteiger partial charge is 0.339 e. The van der Waals surface area contributed by atoms with Crippen LogP contribution in [0.25, 0.3) is 0 Å². The number of aliphatic hydroxyl groups excluding tert-OH is 1. The zero-order valence-corrected chi connectivity index (χ0v) is 10.1. The highest BCUT2D eigenvalue weighted by atomic mass is 32.2. The lowest BCUT2D eigenvalue weighted by Crippen LogP contribution is -2.13. The fraction of sp³-hybridized carbons (Fsp3) is 0.300. The molecule has 1 aromatic carbocycles. The van der Waals surface area contributed by atoms with E-state index in [1.165, 1.54) is 24.3 Å². The number of rotatable bonds is 4. The maximum atomic E-state index is 11.1. The van der Waals surface area contributed by atoms with Gasteiger partial charge in [-0.15, -0.1) is 0 Å². The Balaban J connectivity index is 2.97. The number of aliphatic hydroxyl groups is 1. The van der Waals surface area contributed by atoms with Crippen molar-refractivity contribution in [1.82, 2.24) is 0 Å². The van der Waals surface area contributed by atoms with E-state index in [1.807, 2.05) is 0 Å². The van der Waals surface area contributed by atoms with E-state index in [4.69, 9.17) is 0 Å². The predicted octanol–water partition coefficient (Wildman–Crippen LogP) is 0.231. The van der Waals surface area contributed by atoms with E-state index in [0.29, 0.717) is 0 Å². The lowest BCUT2D eigenvalue weighted by Gasteiger charge is -2.10. The number of methoxy groups -OCH3 is 1. The van der Waals surface area contributed by atoms with Gasteiger partial charge in [-0.05, 0) is 17.7 Å². The van der Waals surface area contributed by atoms with Gasteiger partial charge in [0, 0.05) is 0 Å². The molecule has 6 nitrogen and oxygen atoms in total. The van der Waals surface area contributed by atoms with Gasteiger partial charge in [0.2, 0.25) is 0 Å². The number of esters is 1. The minimum Gasteiger partial charge on any atom is -0.467 e. The van der Waals surface area contributed by atoms with Gasteiger partial charge in [0.1, 0.15) is 5.75 Å². The Hall–Kier alpha value is -1.60. The number of carbonyl (C=O) groups excluding carboxylic acids is 1. The average molecular weight is 260 g/mol. The Labute approximate surface area is 98.9 Å². The lowest BCUT2D eigenvalue weighted by atomic mass is 10.1. The zero-order valence-electron chi connectivity index (χ0n) is 9.28. The molecule has 0 radical (unpaired) electrons. The Morgan fingerprint density at radius 1 is 1.41 bits per heavy atom. The molecule has 1 aromatic rings. The maximum absolute atomic E-state index is 11.1. The van der Waals surface area contributed by atoms with Crippen LogP contribution in [0.1, 0.15) is 11.7 Å². The second-order valence-electron chi connectivity index (χ2n) is 3.29. The van der Waals surface area contributed by atoms with Crippen LogP contribution in [0.4, 0.5) is 0 Å². The molecular formula is C10H12O6S. The largest absolute Gasteiger partial charge is 0.467 e. The van der Waals surface area contributed by atoms with Crippen molar-refractivity contribution >= 4 is 16.1 Å². The van der Waals surface area contributed by atoms with Crippen molar-refractivity contribution < 1.29 is 27.2 Å². The first-order chi connectivity index (χ1) is 7.83. The summed E-state index contributed by atoms with van der Waals surface area (Å²) < 4.78 is 30.8. The third-order valence-electron chi connectivity index (χ3n) is 1.85. The van der Waals surface area contributed by atoms with Crippen LogP contribution in [0.15, 0.2) is 24.3 Å². The number of benzene rings is 1. The molecule has 7 heteroatoms. The van der Waals surface area contributed by atoms with Gasteiger partial charge in [0.25, 0.3) is 0 Å². The summed E-state index contributed by atoms with van der Waals surface area (Å²) in [6.45, 7) is 0. The average Bonchev–Trinajstić information content (AvgIpc) is 2.25. The second-order valence-corrected chi connectivity index (χ2v) is 4.86. The third-order valence-corrected chi connectivity index (χ3v) is 2.34. The summed E-state index contributed by atoms with van der Waals surface area (Å²) in [5.41, 5.74) is 0.193. The molecule has 0 saturated carbocycles. The minimum absolute atomic E-state index is 0.0213. The van der Waals surface area contributed by atoms with E-state index in [0.717, 1.165) is 13.4 Å². The summed E-state index contributed by atoms with van der Waals surface area (Å²) in [5.74, 6) is -0.811. The first-order valence-electron chi connectivity index (χ1n) is 4.59. The molecule has 0 aliphatic rings. The van der Waals surface area contributed by atoms with Gasteiger partial charge in [-0.3, -0.25) is 0 Å². The molecular weight excluding hydrogens is 248 g/mol. The molecule has 0 saturated heterocycles. The van der Waals surface area contributed by atoms with Crippen molar-refractivity contribution in [3.05, 3.63) is 29.8 Å². The summed E-state index contributed by atoms with van der Waals surface area (Å²) >= 11 is 0. The van der Waals surface area contributed by atoms with Crippen LogP contribution in [0.2, 0.25) is 0 Å². The SMILES string of the molecule is COC(=O)C(O)c1cccc(OS(C)(=O)=O)c1. The highest BCUT2D eigenvalue weighted by molar-refractivity contribution is 7.86. The first-order valence-corrected chi connectivity index (χ1v) is 6.40. The molecule has 0 heterocycles. The van der Waals surface area contributed by atoms with Gasteiger partial charge in [-0.1, -0.05) is 12.1 Å². The van der Waals surface area contributed by atoms with E-state index in [9.17, 15) is 18.3 Å². The van der Waals surface area contributed by atoms with E-state index >= 15 is 0 Å². The van der Waals surface area contributed by atoms with E-state index in [-0.39, 0.29) is 11.3 Å². The van der Waals surface area contributed by atoms with Crippen LogP contribution in [0, 0.1) is 0 Å². The second kappa shape index (κ2) is 5.15. The number of ether oxygens (including phenoxy) is 1. The Bertz CT molecular complexity index is 507. The van der Waals surface area contributed by atoms with Crippen LogP contribution < -0.4 is 4.18 Å². The molecule has 0 aromatic heterocycles. The van der Waals surface area contributed by atoms with Crippen molar-refractivity contribution in [1.29, 1.82) is 0 Å². The fourth-order valence-corrected chi connectivity index (χ4v) is 1.61. The Morgan fingerprint density at radius 3 is 2.59 bits per heavy atom. The summed E-state index contributed by atoms with van der Waals surface area (Å²) in [5, 5.41) is 9.53. The van der Waals surface area contributed by atoms with Crippen molar-refractivity contribution in [2.75, 3.05) is 13.4 Å². The summed E-state index contributed by atoms with van der Waals surface area (Å²) in [6.07, 6.45) is -0.570. The van der Waals surface area contributed by atoms with Gasteiger partial charge < -0.3 is 14.0 Å². The lowest BCUT2D eigenvalue weighted by molar-refractivity contribution is -0.150. The predicted molar refractivity (Wildman–Crippen MR) is 58.9 cm³/mol. The third kappa shape index (κ3) is 4.04. The molecule has 1 N–H and O–H groups in total. The molecule has 1 unspecified atom stereocenters. The highest BCUT2D eigenvalue weighted by Gasteiger charge is 2.18. The molecule has 94 valence electrons. The van der Waals surface area contributed by atoms with Crippen molar-refractivity contribution in [2.45, 2.75) is 6.10 Å². The van der Waals surface area contributed by atoms with Crippen LogP contribution in [-0.4, -0.2) is 32.9 Å². The van der Waals surface area contributed by atoms with Crippen LogP contribution in [0.3, 0.4) is 0 Å². The summed E-state index contributed by atoms with van der Waals surface area (Å²) in [4.78, 5) is 11.1. The van der Waals surface area contributed by atoms with E-state index < -0.39 is 22.2 Å². The summed E-state index contributed by atoms with van der Waals surface area (Å²) in [6, 6.07) is 5.57. The monoisotopic (exact) mass is 260 g/mol. The van der Waals surface area contributed by atoms with Gasteiger partial charge in [-0.2, -0.15) is 8.42 Å². The van der Waals surface area contributed by atoms with Crippen LogP contribution in [-0.2, 0) is 19.6 Å². The molecule has 0 bridgehead atoms. The maximum Gasteiger partial charge on any atom is 0.339 e.